The Balaban J connectivity index is 1.09. The van der Waals surface area contributed by atoms with Gasteiger partial charge in [0.15, 0.2) is 0 Å². The fourth-order valence-electron chi connectivity index (χ4n) is 5.42. The predicted octanol–water partition coefficient (Wildman–Crippen LogP) is 6.04. The van der Waals surface area contributed by atoms with Crippen LogP contribution in [0.4, 0.5) is 14.6 Å². The Morgan fingerprint density at radius 2 is 1.62 bits per heavy atom. The Morgan fingerprint density at radius 1 is 0.925 bits per heavy atom. The SMILES string of the molecule is O=C(NCc1cc(Cl)cc(Cl)c1)c1cnc(N2CCN(C3CCN(Cc4ccc(F)cc4F)CC3)CC2)c(Cl)c1. The highest BCUT2D eigenvalue weighted by atomic mass is 35.5. The number of amides is 1. The van der Waals surface area contributed by atoms with E-state index in [1.165, 1.54) is 12.1 Å². The predicted molar refractivity (Wildman–Crippen MR) is 155 cm³/mol. The van der Waals surface area contributed by atoms with Crippen molar-refractivity contribution >= 4 is 46.5 Å². The van der Waals surface area contributed by atoms with Crippen LogP contribution in [0.1, 0.15) is 34.3 Å². The van der Waals surface area contributed by atoms with E-state index >= 15 is 0 Å². The van der Waals surface area contributed by atoms with Crippen LogP contribution in [0.5, 0.6) is 0 Å². The first-order chi connectivity index (χ1) is 19.2. The van der Waals surface area contributed by atoms with Gasteiger partial charge in [0.05, 0.1) is 10.6 Å². The molecule has 40 heavy (non-hydrogen) atoms. The summed E-state index contributed by atoms with van der Waals surface area (Å²) in [6, 6.07) is 11.1. The van der Waals surface area contributed by atoms with Crippen molar-refractivity contribution in [3.63, 3.8) is 0 Å². The number of nitrogens with zero attached hydrogens (tertiary/aromatic N) is 4. The van der Waals surface area contributed by atoms with E-state index in [0.717, 1.165) is 63.7 Å². The number of nitrogens with one attached hydrogen (secondary N) is 1. The van der Waals surface area contributed by atoms with Gasteiger partial charge in [0.1, 0.15) is 17.5 Å². The lowest BCUT2D eigenvalue weighted by Crippen LogP contribution is -2.53. The van der Waals surface area contributed by atoms with E-state index in [2.05, 4.69) is 25.0 Å². The van der Waals surface area contributed by atoms with Crippen LogP contribution < -0.4 is 10.2 Å². The van der Waals surface area contributed by atoms with Crippen molar-refractivity contribution in [2.75, 3.05) is 44.2 Å². The lowest BCUT2D eigenvalue weighted by molar-refractivity contribution is 0.0950. The number of likely N-dealkylation sites (tertiary alicyclic amines) is 1. The molecule has 2 aliphatic heterocycles. The molecule has 1 N–H and O–H groups in total. The second kappa shape index (κ2) is 13.0. The van der Waals surface area contributed by atoms with Gasteiger partial charge in [-0.15, -0.1) is 0 Å². The Bertz CT molecular complexity index is 1340. The smallest absolute Gasteiger partial charge is 0.253 e. The third-order valence-electron chi connectivity index (χ3n) is 7.56. The number of halogens is 5. The Morgan fingerprint density at radius 3 is 2.27 bits per heavy atom. The van der Waals surface area contributed by atoms with Crippen LogP contribution in [0.3, 0.4) is 0 Å². The molecule has 0 atom stereocenters. The molecule has 0 spiro atoms. The molecule has 3 aromatic rings. The molecule has 0 aliphatic carbocycles. The van der Waals surface area contributed by atoms with Crippen molar-refractivity contribution in [2.24, 2.45) is 0 Å². The number of anilines is 1. The molecule has 0 bridgehead atoms. The highest BCUT2D eigenvalue weighted by Crippen LogP contribution is 2.27. The number of benzene rings is 2. The fourth-order valence-corrected chi connectivity index (χ4v) is 6.27. The summed E-state index contributed by atoms with van der Waals surface area (Å²) >= 11 is 18.6. The van der Waals surface area contributed by atoms with E-state index in [1.807, 2.05) is 0 Å². The first-order valence-electron chi connectivity index (χ1n) is 13.3. The summed E-state index contributed by atoms with van der Waals surface area (Å²) in [6.45, 7) is 5.89. The highest BCUT2D eigenvalue weighted by molar-refractivity contribution is 6.34. The fraction of sp³-hybridized carbons (Fsp3) is 0.379. The Labute approximate surface area is 247 Å². The third kappa shape index (κ3) is 7.22. The summed E-state index contributed by atoms with van der Waals surface area (Å²) in [4.78, 5) is 24.1. The van der Waals surface area contributed by atoms with Gasteiger partial charge < -0.3 is 10.2 Å². The molecule has 212 valence electrons. The maximum atomic E-state index is 14.0. The molecule has 1 amide bonds. The van der Waals surface area contributed by atoms with Crippen molar-refractivity contribution in [1.29, 1.82) is 0 Å². The van der Waals surface area contributed by atoms with Gasteiger partial charge in [0, 0.05) is 73.2 Å². The van der Waals surface area contributed by atoms with Gasteiger partial charge in [-0.3, -0.25) is 14.6 Å². The number of carbonyl (C=O) groups is 1. The molecule has 2 aromatic carbocycles. The molecule has 2 fully saturated rings. The minimum atomic E-state index is -0.548. The molecule has 5 rings (SSSR count). The molecule has 2 saturated heterocycles. The zero-order chi connectivity index (χ0) is 28.2. The van der Waals surface area contributed by atoms with Crippen molar-refractivity contribution in [3.05, 3.63) is 92.1 Å². The maximum absolute atomic E-state index is 14.0. The summed E-state index contributed by atoms with van der Waals surface area (Å²) < 4.78 is 27.2. The van der Waals surface area contributed by atoms with Crippen molar-refractivity contribution in [2.45, 2.75) is 32.0 Å². The van der Waals surface area contributed by atoms with E-state index < -0.39 is 11.6 Å². The van der Waals surface area contributed by atoms with Crippen LogP contribution in [0.15, 0.2) is 48.7 Å². The monoisotopic (exact) mass is 607 g/mol. The number of hydrogen-bond donors (Lipinski definition) is 1. The standard InChI is InChI=1S/C29H30Cl3F2N5O/c30-22-11-19(12-23(31)14-22)16-36-29(40)21-13-26(32)28(35-17-21)39-9-7-38(8-10-39)25-3-5-37(6-4-25)18-20-1-2-24(33)15-27(20)34/h1-2,11-15,17,25H,3-10,16,18H2,(H,36,40). The Hall–Kier alpha value is -2.49. The van der Waals surface area contributed by atoms with Crippen LogP contribution in [-0.4, -0.2) is 66.0 Å². The Kier molecular flexibility index (Phi) is 9.43. The number of carbonyl (C=O) groups excluding carboxylic acids is 1. The van der Waals surface area contributed by atoms with Gasteiger partial charge in [-0.2, -0.15) is 0 Å². The van der Waals surface area contributed by atoms with E-state index in [0.29, 0.717) is 44.6 Å². The number of aromatic nitrogens is 1. The maximum Gasteiger partial charge on any atom is 0.253 e. The van der Waals surface area contributed by atoms with Crippen LogP contribution in [0, 0.1) is 11.6 Å². The first kappa shape index (κ1) is 29.0. The van der Waals surface area contributed by atoms with E-state index in [4.69, 9.17) is 34.8 Å². The number of piperazine rings is 1. The number of piperidine rings is 1. The highest BCUT2D eigenvalue weighted by Gasteiger charge is 2.29. The van der Waals surface area contributed by atoms with Crippen LogP contribution in [0.25, 0.3) is 0 Å². The quantitative estimate of drug-likeness (QED) is 0.355. The number of rotatable bonds is 7. The van der Waals surface area contributed by atoms with Crippen LogP contribution in [-0.2, 0) is 13.1 Å². The average molecular weight is 609 g/mol. The molecular weight excluding hydrogens is 579 g/mol. The molecule has 0 unspecified atom stereocenters. The molecule has 1 aromatic heterocycles. The average Bonchev–Trinajstić information content (AvgIpc) is 2.93. The normalized spacial score (nSPS) is 17.3. The van der Waals surface area contributed by atoms with Gasteiger partial charge in [-0.1, -0.05) is 40.9 Å². The molecule has 6 nitrogen and oxygen atoms in total. The number of hydrogen-bond acceptors (Lipinski definition) is 5. The zero-order valence-corrected chi connectivity index (χ0v) is 24.1. The minimum absolute atomic E-state index is 0.280. The van der Waals surface area contributed by atoms with Gasteiger partial charge in [-0.05, 0) is 61.8 Å². The second-order valence-electron chi connectivity index (χ2n) is 10.3. The molecule has 0 saturated carbocycles. The van der Waals surface area contributed by atoms with E-state index in [-0.39, 0.29) is 12.5 Å². The van der Waals surface area contributed by atoms with Crippen LogP contribution in [0.2, 0.25) is 15.1 Å². The third-order valence-corrected chi connectivity index (χ3v) is 8.27. The molecule has 11 heteroatoms. The van der Waals surface area contributed by atoms with E-state index in [1.54, 1.807) is 30.5 Å². The molecule has 2 aliphatic rings. The first-order valence-corrected chi connectivity index (χ1v) is 14.4. The second-order valence-corrected chi connectivity index (χ2v) is 11.5. The van der Waals surface area contributed by atoms with Gasteiger partial charge >= 0.3 is 0 Å². The van der Waals surface area contributed by atoms with Crippen molar-refractivity contribution < 1.29 is 13.6 Å². The summed E-state index contributed by atoms with van der Waals surface area (Å²) in [5.41, 5.74) is 1.71. The van der Waals surface area contributed by atoms with E-state index in [9.17, 15) is 13.6 Å². The summed E-state index contributed by atoms with van der Waals surface area (Å²) in [6.07, 6.45) is 3.56. The molecular formula is C29H30Cl3F2N5O. The van der Waals surface area contributed by atoms with Gasteiger partial charge in [-0.25, -0.2) is 13.8 Å². The van der Waals surface area contributed by atoms with Crippen molar-refractivity contribution in [1.82, 2.24) is 20.1 Å². The topological polar surface area (TPSA) is 51.7 Å². The molecule has 0 radical (unpaired) electrons. The summed E-state index contributed by atoms with van der Waals surface area (Å²) in [7, 11) is 0. The van der Waals surface area contributed by atoms with Crippen LogP contribution >= 0.6 is 34.8 Å². The van der Waals surface area contributed by atoms with Crippen molar-refractivity contribution in [3.8, 4) is 0 Å². The molecule has 3 heterocycles. The lowest BCUT2D eigenvalue weighted by atomic mass is 10.0. The largest absolute Gasteiger partial charge is 0.353 e. The zero-order valence-electron chi connectivity index (χ0n) is 21.9. The minimum Gasteiger partial charge on any atom is -0.353 e. The van der Waals surface area contributed by atoms with Gasteiger partial charge in [0.25, 0.3) is 5.91 Å². The number of pyridine rings is 1. The lowest BCUT2D eigenvalue weighted by Gasteiger charge is -2.43. The summed E-state index contributed by atoms with van der Waals surface area (Å²) in [5.74, 6) is -0.638. The summed E-state index contributed by atoms with van der Waals surface area (Å²) in [5, 5.41) is 4.30. The van der Waals surface area contributed by atoms with Gasteiger partial charge in [0.2, 0.25) is 0 Å².